The van der Waals surface area contributed by atoms with Crippen molar-refractivity contribution in [2.24, 2.45) is 5.92 Å². The summed E-state index contributed by atoms with van der Waals surface area (Å²) in [6.07, 6.45) is 0. The lowest BCUT2D eigenvalue weighted by Gasteiger charge is -2.14. The van der Waals surface area contributed by atoms with Gasteiger partial charge in [0.1, 0.15) is 10.8 Å². The second kappa shape index (κ2) is 6.06. The van der Waals surface area contributed by atoms with Crippen molar-refractivity contribution in [3.05, 3.63) is 29.3 Å². The third kappa shape index (κ3) is 3.97. The van der Waals surface area contributed by atoms with Crippen molar-refractivity contribution in [3.8, 4) is 16.3 Å². The minimum Gasteiger partial charge on any atom is -0.491 e. The molecule has 0 aliphatic rings. The van der Waals surface area contributed by atoms with Crippen molar-refractivity contribution in [1.29, 1.82) is 0 Å². The number of benzene rings is 1. The van der Waals surface area contributed by atoms with Gasteiger partial charge in [0.25, 0.3) is 0 Å². The molecule has 2 rings (SSSR count). The van der Waals surface area contributed by atoms with E-state index in [1.807, 2.05) is 18.2 Å². The van der Waals surface area contributed by atoms with Crippen LogP contribution in [0.15, 0.2) is 23.6 Å². The molecule has 3 nitrogen and oxygen atoms in total. The van der Waals surface area contributed by atoms with E-state index >= 15 is 0 Å². The topological polar surface area (TPSA) is 48.1 Å². The van der Waals surface area contributed by atoms with Gasteiger partial charge in [0.15, 0.2) is 0 Å². The molecule has 4 heteroatoms. The molecule has 0 spiro atoms. The Hall–Kier alpha value is -1.55. The van der Waals surface area contributed by atoms with E-state index in [4.69, 9.17) is 15.5 Å². The Morgan fingerprint density at radius 1 is 1.29 bits per heavy atom. The average Bonchev–Trinajstić information content (AvgIpc) is 2.86. The van der Waals surface area contributed by atoms with Crippen LogP contribution in [0.2, 0.25) is 0 Å². The minimum absolute atomic E-state index is 0.0701. The van der Waals surface area contributed by atoms with Gasteiger partial charge in [-0.2, -0.15) is 0 Å². The van der Waals surface area contributed by atoms with Crippen LogP contribution < -0.4 is 10.5 Å². The van der Waals surface area contributed by atoms with Crippen molar-refractivity contribution < 1.29 is 4.74 Å². The van der Waals surface area contributed by atoms with Gasteiger partial charge in [0.05, 0.1) is 18.0 Å². The molecule has 0 radical (unpaired) electrons. The molecule has 0 fully saturated rings. The highest BCUT2D eigenvalue weighted by Gasteiger charge is 2.18. The van der Waals surface area contributed by atoms with Gasteiger partial charge >= 0.3 is 0 Å². The summed E-state index contributed by atoms with van der Waals surface area (Å²) in [5.41, 5.74) is 8.99. The maximum absolute atomic E-state index is 6.09. The molecule has 0 atom stereocenters. The number of nitrogen functional groups attached to an aromatic ring is 1. The third-order valence-corrected chi connectivity index (χ3v) is 3.99. The molecule has 1 aromatic heterocycles. The van der Waals surface area contributed by atoms with Gasteiger partial charge < -0.3 is 10.5 Å². The Labute approximate surface area is 131 Å². The maximum atomic E-state index is 6.09. The fourth-order valence-electron chi connectivity index (χ4n) is 1.82. The molecular weight excluding hydrogens is 280 g/mol. The van der Waals surface area contributed by atoms with Crippen molar-refractivity contribution in [2.75, 3.05) is 12.3 Å². The number of anilines is 1. The van der Waals surface area contributed by atoms with E-state index in [1.165, 1.54) is 0 Å². The normalized spacial score (nSPS) is 11.9. The third-order valence-electron chi connectivity index (χ3n) is 3.10. The molecule has 0 unspecified atom stereocenters. The number of aromatic nitrogens is 1. The summed E-state index contributed by atoms with van der Waals surface area (Å²) in [6, 6.07) is 5.91. The lowest BCUT2D eigenvalue weighted by atomic mass is 9.93. The quantitative estimate of drug-likeness (QED) is 0.831. The second-order valence-electron chi connectivity index (χ2n) is 6.75. The summed E-state index contributed by atoms with van der Waals surface area (Å²) < 4.78 is 5.71. The van der Waals surface area contributed by atoms with E-state index in [0.29, 0.717) is 18.2 Å². The Balaban J connectivity index is 2.22. The fraction of sp³-hybridized carbons (Fsp3) is 0.471. The zero-order chi connectivity index (χ0) is 15.6. The van der Waals surface area contributed by atoms with E-state index < -0.39 is 0 Å². The van der Waals surface area contributed by atoms with Crippen LogP contribution in [0.5, 0.6) is 5.75 Å². The highest BCUT2D eigenvalue weighted by molar-refractivity contribution is 7.13. The highest BCUT2D eigenvalue weighted by atomic mass is 32.1. The number of ether oxygens (including phenoxy) is 1. The zero-order valence-electron chi connectivity index (χ0n) is 13.4. The van der Waals surface area contributed by atoms with Crippen LogP contribution in [0.25, 0.3) is 10.6 Å². The summed E-state index contributed by atoms with van der Waals surface area (Å²) in [4.78, 5) is 4.72. The van der Waals surface area contributed by atoms with Crippen LogP contribution in [0, 0.1) is 5.92 Å². The molecule has 0 amide bonds. The zero-order valence-corrected chi connectivity index (χ0v) is 14.3. The highest BCUT2D eigenvalue weighted by Crippen LogP contribution is 2.33. The molecule has 0 saturated carbocycles. The Kier molecular flexibility index (Phi) is 4.57. The minimum atomic E-state index is 0.0701. The first-order valence-electron chi connectivity index (χ1n) is 7.26. The van der Waals surface area contributed by atoms with E-state index in [2.05, 4.69) is 40.0 Å². The second-order valence-corrected chi connectivity index (χ2v) is 7.60. The summed E-state index contributed by atoms with van der Waals surface area (Å²) in [6.45, 7) is 11.4. The molecule has 1 aromatic carbocycles. The van der Waals surface area contributed by atoms with Gasteiger partial charge in [-0.15, -0.1) is 11.3 Å². The first-order chi connectivity index (χ1) is 9.77. The first kappa shape index (κ1) is 15.8. The van der Waals surface area contributed by atoms with Crippen LogP contribution in [0.1, 0.15) is 40.3 Å². The molecule has 114 valence electrons. The van der Waals surface area contributed by atoms with Crippen molar-refractivity contribution >= 4 is 17.0 Å². The Morgan fingerprint density at radius 3 is 2.52 bits per heavy atom. The smallest absolute Gasteiger partial charge is 0.142 e. The molecule has 0 bridgehead atoms. The predicted molar refractivity (Wildman–Crippen MR) is 91.0 cm³/mol. The SMILES string of the molecule is CC(C)COc1ccc(-c2nc(C(C)(C)C)cs2)cc1N. The summed E-state index contributed by atoms with van der Waals surface area (Å²) >= 11 is 1.65. The van der Waals surface area contributed by atoms with Crippen LogP contribution in [-0.2, 0) is 5.41 Å². The van der Waals surface area contributed by atoms with Crippen LogP contribution >= 0.6 is 11.3 Å². The number of thiazole rings is 1. The first-order valence-corrected chi connectivity index (χ1v) is 8.14. The Morgan fingerprint density at radius 2 is 2.00 bits per heavy atom. The summed E-state index contributed by atoms with van der Waals surface area (Å²) in [5, 5.41) is 3.12. The number of hydrogen-bond acceptors (Lipinski definition) is 4. The number of nitrogens with zero attached hydrogens (tertiary/aromatic N) is 1. The lowest BCUT2D eigenvalue weighted by Crippen LogP contribution is -2.11. The number of rotatable bonds is 4. The van der Waals surface area contributed by atoms with Gasteiger partial charge in [-0.25, -0.2) is 4.98 Å². The van der Waals surface area contributed by atoms with Gasteiger partial charge in [-0.1, -0.05) is 34.6 Å². The van der Waals surface area contributed by atoms with Gasteiger partial charge in [-0.3, -0.25) is 0 Å². The van der Waals surface area contributed by atoms with Crippen molar-refractivity contribution in [3.63, 3.8) is 0 Å². The molecule has 2 aromatic rings. The molecule has 0 aliphatic heterocycles. The molecule has 0 saturated heterocycles. The van der Waals surface area contributed by atoms with E-state index in [1.54, 1.807) is 11.3 Å². The van der Waals surface area contributed by atoms with Crippen LogP contribution in [0.3, 0.4) is 0 Å². The van der Waals surface area contributed by atoms with Gasteiger partial charge in [0, 0.05) is 16.4 Å². The average molecular weight is 304 g/mol. The molecule has 2 N–H and O–H groups in total. The van der Waals surface area contributed by atoms with E-state index in [9.17, 15) is 0 Å². The maximum Gasteiger partial charge on any atom is 0.142 e. The fourth-order valence-corrected chi connectivity index (χ4v) is 2.86. The van der Waals surface area contributed by atoms with Gasteiger partial charge in [-0.05, 0) is 24.1 Å². The van der Waals surface area contributed by atoms with Gasteiger partial charge in [0.2, 0.25) is 0 Å². The van der Waals surface area contributed by atoms with E-state index in [-0.39, 0.29) is 5.41 Å². The van der Waals surface area contributed by atoms with Crippen LogP contribution in [0.4, 0.5) is 5.69 Å². The monoisotopic (exact) mass is 304 g/mol. The molecule has 21 heavy (non-hydrogen) atoms. The number of nitrogens with two attached hydrogens (primary N) is 1. The van der Waals surface area contributed by atoms with Crippen LogP contribution in [-0.4, -0.2) is 11.6 Å². The standard InChI is InChI=1S/C17H24N2OS/c1-11(2)9-20-14-7-6-12(8-13(14)18)16-19-15(10-21-16)17(3,4)5/h6-8,10-11H,9,18H2,1-5H3. The molecular formula is C17H24N2OS. The van der Waals surface area contributed by atoms with E-state index in [0.717, 1.165) is 22.0 Å². The molecule has 1 heterocycles. The number of hydrogen-bond donors (Lipinski definition) is 1. The van der Waals surface area contributed by atoms with Crippen molar-refractivity contribution in [1.82, 2.24) is 4.98 Å². The lowest BCUT2D eigenvalue weighted by molar-refractivity contribution is 0.272. The molecule has 0 aliphatic carbocycles. The van der Waals surface area contributed by atoms with Crippen molar-refractivity contribution in [2.45, 2.75) is 40.0 Å². The summed E-state index contributed by atoms with van der Waals surface area (Å²) in [5.74, 6) is 1.23. The largest absolute Gasteiger partial charge is 0.491 e. The Bertz CT molecular complexity index is 611. The predicted octanol–water partition coefficient (Wildman–Crippen LogP) is 4.72. The summed E-state index contributed by atoms with van der Waals surface area (Å²) in [7, 11) is 0.